The molecule has 1 aromatic carbocycles. The van der Waals surface area contributed by atoms with Gasteiger partial charge in [-0.3, -0.25) is 0 Å². The van der Waals surface area contributed by atoms with E-state index in [-0.39, 0.29) is 19.3 Å². The van der Waals surface area contributed by atoms with Gasteiger partial charge in [0.2, 0.25) is 0 Å². The second-order valence-corrected chi connectivity index (χ2v) is 14.5. The summed E-state index contributed by atoms with van der Waals surface area (Å²) in [6, 6.07) is 9.04. The van der Waals surface area contributed by atoms with Crippen LogP contribution in [0.5, 0.6) is 0 Å². The number of unbranched alkanes of at least 4 members (excludes halogenated alkanes) is 14. The van der Waals surface area contributed by atoms with E-state index in [0.717, 1.165) is 12.0 Å². The standard InChI is InChI=1S/C34H61O6PS/c1-4-6-8-10-11-12-13-14-15-17-22-29-42-33(26-21-16-9-7-5-2)31(3)38-27-23-28-40-41(36,37)34(35)39-30-32-24-19-18-20-25-32/h18-20,24-25,31,33H,4-17,21-23,26-30H2,1-3H3,(H,36,37). The molecule has 42 heavy (non-hydrogen) atoms. The van der Waals surface area contributed by atoms with Gasteiger partial charge in [-0.15, -0.1) is 0 Å². The third-order valence-electron chi connectivity index (χ3n) is 7.57. The van der Waals surface area contributed by atoms with Crippen LogP contribution in [0.3, 0.4) is 0 Å². The molecule has 0 radical (unpaired) electrons. The second-order valence-electron chi connectivity index (χ2n) is 11.5. The fourth-order valence-electron chi connectivity index (χ4n) is 4.88. The molecule has 1 aromatic rings. The van der Waals surface area contributed by atoms with E-state index in [1.807, 2.05) is 30.0 Å². The first-order valence-corrected chi connectivity index (χ1v) is 19.4. The minimum atomic E-state index is -4.49. The molecule has 0 aliphatic carbocycles. The highest BCUT2D eigenvalue weighted by atomic mass is 32.2. The van der Waals surface area contributed by atoms with Crippen molar-refractivity contribution in [1.82, 2.24) is 0 Å². The number of ether oxygens (including phenoxy) is 2. The van der Waals surface area contributed by atoms with Crippen LogP contribution in [0, 0.1) is 0 Å². The van der Waals surface area contributed by atoms with Crippen molar-refractivity contribution in [1.29, 1.82) is 0 Å². The molecule has 1 N–H and O–H groups in total. The summed E-state index contributed by atoms with van der Waals surface area (Å²) in [6.07, 6.45) is 23.0. The fourth-order valence-corrected chi connectivity index (χ4v) is 6.95. The van der Waals surface area contributed by atoms with Gasteiger partial charge in [-0.2, -0.15) is 11.8 Å². The molecule has 0 aliphatic rings. The highest BCUT2D eigenvalue weighted by Crippen LogP contribution is 2.44. The van der Waals surface area contributed by atoms with Gasteiger partial charge in [-0.25, -0.2) is 9.36 Å². The number of carbonyl (C=O) groups is 1. The number of rotatable bonds is 29. The Hall–Kier alpha value is -0.850. The van der Waals surface area contributed by atoms with E-state index >= 15 is 0 Å². The Balaban J connectivity index is 2.26. The summed E-state index contributed by atoms with van der Waals surface area (Å²) >= 11 is 2.05. The van der Waals surface area contributed by atoms with Crippen LogP contribution in [0.15, 0.2) is 30.3 Å². The predicted molar refractivity (Wildman–Crippen MR) is 179 cm³/mol. The summed E-state index contributed by atoms with van der Waals surface area (Å²) in [5.74, 6) is 1.17. The third-order valence-corrected chi connectivity index (χ3v) is 10.3. The molecule has 0 aromatic heterocycles. The largest absolute Gasteiger partial charge is 0.452 e. The zero-order valence-electron chi connectivity index (χ0n) is 26.9. The number of carbonyl (C=O) groups excluding carboxylic acids is 1. The van der Waals surface area contributed by atoms with Gasteiger partial charge in [-0.1, -0.05) is 140 Å². The van der Waals surface area contributed by atoms with E-state index in [1.54, 1.807) is 12.1 Å². The minimum Gasteiger partial charge on any atom is -0.452 e. The molecular weight excluding hydrogens is 567 g/mol. The van der Waals surface area contributed by atoms with Gasteiger partial charge >= 0.3 is 13.3 Å². The lowest BCUT2D eigenvalue weighted by molar-refractivity contribution is 0.0535. The molecule has 0 aliphatic heterocycles. The van der Waals surface area contributed by atoms with Crippen LogP contribution in [-0.2, 0) is 25.2 Å². The first-order valence-electron chi connectivity index (χ1n) is 16.8. The molecule has 244 valence electrons. The lowest BCUT2D eigenvalue weighted by atomic mass is 10.1. The van der Waals surface area contributed by atoms with Crippen molar-refractivity contribution < 1.29 is 28.3 Å². The van der Waals surface area contributed by atoms with Gasteiger partial charge in [0.1, 0.15) is 6.61 Å². The quantitative estimate of drug-likeness (QED) is 0.0698. The third kappa shape index (κ3) is 21.0. The van der Waals surface area contributed by atoms with Crippen LogP contribution in [0.25, 0.3) is 0 Å². The van der Waals surface area contributed by atoms with Crippen molar-refractivity contribution in [2.75, 3.05) is 19.0 Å². The van der Waals surface area contributed by atoms with E-state index < -0.39 is 13.3 Å². The highest BCUT2D eigenvalue weighted by molar-refractivity contribution is 7.99. The lowest BCUT2D eigenvalue weighted by Crippen LogP contribution is -2.25. The molecule has 6 nitrogen and oxygen atoms in total. The van der Waals surface area contributed by atoms with Crippen molar-refractivity contribution in [3.63, 3.8) is 0 Å². The Labute approximate surface area is 262 Å². The zero-order valence-corrected chi connectivity index (χ0v) is 28.7. The molecule has 1 rings (SSSR count). The van der Waals surface area contributed by atoms with E-state index in [4.69, 9.17) is 14.0 Å². The lowest BCUT2D eigenvalue weighted by Gasteiger charge is -2.24. The van der Waals surface area contributed by atoms with E-state index in [2.05, 4.69) is 20.8 Å². The van der Waals surface area contributed by atoms with Crippen LogP contribution < -0.4 is 0 Å². The van der Waals surface area contributed by atoms with E-state index in [0.29, 0.717) is 18.3 Å². The Morgan fingerprint density at radius 3 is 1.93 bits per heavy atom. The van der Waals surface area contributed by atoms with Crippen LogP contribution >= 0.6 is 19.4 Å². The Kier molecular flexibility index (Phi) is 24.8. The van der Waals surface area contributed by atoms with Crippen LogP contribution in [0.2, 0.25) is 0 Å². The molecule has 0 bridgehead atoms. The van der Waals surface area contributed by atoms with Gasteiger partial charge in [0.25, 0.3) is 0 Å². The average molecular weight is 629 g/mol. The van der Waals surface area contributed by atoms with Gasteiger partial charge in [-0.05, 0) is 37.5 Å². The molecule has 0 saturated carbocycles. The van der Waals surface area contributed by atoms with Crippen molar-refractivity contribution in [3.8, 4) is 0 Å². The zero-order chi connectivity index (χ0) is 30.7. The molecule has 0 fully saturated rings. The van der Waals surface area contributed by atoms with Gasteiger partial charge in [0, 0.05) is 11.9 Å². The summed E-state index contributed by atoms with van der Waals surface area (Å²) < 4.78 is 28.4. The summed E-state index contributed by atoms with van der Waals surface area (Å²) in [6.45, 7) is 6.98. The normalized spacial score (nSPS) is 14.4. The van der Waals surface area contributed by atoms with Gasteiger partial charge in [0.15, 0.2) is 0 Å². The smallest absolute Gasteiger partial charge is 0.435 e. The maximum absolute atomic E-state index is 12.2. The highest BCUT2D eigenvalue weighted by Gasteiger charge is 2.32. The molecule has 3 unspecified atom stereocenters. The maximum atomic E-state index is 12.2. The van der Waals surface area contributed by atoms with Crippen LogP contribution in [0.4, 0.5) is 4.79 Å². The predicted octanol–water partition coefficient (Wildman–Crippen LogP) is 11.1. The molecule has 0 spiro atoms. The minimum absolute atomic E-state index is 0.0332. The summed E-state index contributed by atoms with van der Waals surface area (Å²) in [7, 11) is -4.49. The Morgan fingerprint density at radius 2 is 1.33 bits per heavy atom. The first-order chi connectivity index (χ1) is 20.4. The van der Waals surface area contributed by atoms with E-state index in [1.165, 1.54) is 108 Å². The molecular formula is C34H61O6PS. The maximum Gasteiger partial charge on any atom is 0.435 e. The van der Waals surface area contributed by atoms with Crippen molar-refractivity contribution in [2.45, 2.75) is 154 Å². The summed E-state index contributed by atoms with van der Waals surface area (Å²) in [5.41, 5.74) is -0.475. The number of benzene rings is 1. The van der Waals surface area contributed by atoms with E-state index in [9.17, 15) is 14.3 Å². The van der Waals surface area contributed by atoms with Crippen molar-refractivity contribution in [3.05, 3.63) is 35.9 Å². The SMILES string of the molecule is CCCCCCCCCCCCCSC(CCCCCCC)C(C)OCCCOP(=O)(O)C(=O)OCc1ccccc1. The number of hydrogen-bond donors (Lipinski definition) is 1. The summed E-state index contributed by atoms with van der Waals surface area (Å²) in [5, 5.41) is 0.451. The molecule has 0 heterocycles. The topological polar surface area (TPSA) is 82.1 Å². The Morgan fingerprint density at radius 1 is 0.786 bits per heavy atom. The van der Waals surface area contributed by atoms with Crippen LogP contribution in [0.1, 0.15) is 142 Å². The molecule has 0 amide bonds. The average Bonchev–Trinajstić information content (AvgIpc) is 2.99. The van der Waals surface area contributed by atoms with Gasteiger partial charge < -0.3 is 18.9 Å². The second kappa shape index (κ2) is 26.5. The number of thioether (sulfide) groups is 1. The first kappa shape index (κ1) is 39.2. The van der Waals surface area contributed by atoms with Crippen molar-refractivity contribution in [2.24, 2.45) is 0 Å². The molecule has 0 saturated heterocycles. The number of hydrogen-bond acceptors (Lipinski definition) is 6. The van der Waals surface area contributed by atoms with Crippen LogP contribution in [-0.4, -0.2) is 40.9 Å². The molecule has 8 heteroatoms. The van der Waals surface area contributed by atoms with Gasteiger partial charge in [0.05, 0.1) is 12.7 Å². The molecule has 3 atom stereocenters. The Bertz CT molecular complexity index is 808. The summed E-state index contributed by atoms with van der Waals surface area (Å²) in [4.78, 5) is 22.0. The fraction of sp³-hybridized carbons (Fsp3) is 0.794. The van der Waals surface area contributed by atoms with Crippen molar-refractivity contribution >= 4 is 25.1 Å². The monoisotopic (exact) mass is 628 g/mol.